The molecular weight excluding hydrogens is 280 g/mol. The SMILES string of the molecule is Cn1nccc1CCNS(=O)(=O)c1ccc(NN)nc1. The second kappa shape index (κ2) is 5.99. The van der Waals surface area contributed by atoms with Gasteiger partial charge < -0.3 is 5.43 Å². The zero-order chi connectivity index (χ0) is 14.6. The molecule has 0 aliphatic heterocycles. The minimum Gasteiger partial charge on any atom is -0.308 e. The van der Waals surface area contributed by atoms with Gasteiger partial charge in [-0.1, -0.05) is 0 Å². The van der Waals surface area contributed by atoms with Crippen LogP contribution >= 0.6 is 0 Å². The van der Waals surface area contributed by atoms with Crippen molar-refractivity contribution in [1.29, 1.82) is 0 Å². The highest BCUT2D eigenvalue weighted by molar-refractivity contribution is 7.89. The molecular formula is C11H16N6O2S. The average Bonchev–Trinajstić information content (AvgIpc) is 2.84. The molecule has 0 bridgehead atoms. The lowest BCUT2D eigenvalue weighted by Crippen LogP contribution is -2.26. The smallest absolute Gasteiger partial charge is 0.242 e. The highest BCUT2D eigenvalue weighted by atomic mass is 32.2. The van der Waals surface area contributed by atoms with Gasteiger partial charge in [0.15, 0.2) is 0 Å². The molecule has 0 atom stereocenters. The molecule has 0 aliphatic rings. The Labute approximate surface area is 117 Å². The Kier molecular flexibility index (Phi) is 4.32. The van der Waals surface area contributed by atoms with Gasteiger partial charge in [0.2, 0.25) is 10.0 Å². The molecule has 0 saturated heterocycles. The first kappa shape index (κ1) is 14.4. The summed E-state index contributed by atoms with van der Waals surface area (Å²) in [7, 11) is -1.75. The number of aryl methyl sites for hydroxylation is 1. The van der Waals surface area contributed by atoms with E-state index in [0.29, 0.717) is 18.8 Å². The predicted molar refractivity (Wildman–Crippen MR) is 74.1 cm³/mol. The molecule has 0 amide bonds. The van der Waals surface area contributed by atoms with E-state index in [0.717, 1.165) is 5.69 Å². The standard InChI is InChI=1S/C11H16N6O2S/c1-17-9(4-6-14-17)5-7-15-20(18,19)10-2-3-11(16-12)13-8-10/h2-4,6,8,15H,5,7,12H2,1H3,(H,13,16). The summed E-state index contributed by atoms with van der Waals surface area (Å²) >= 11 is 0. The van der Waals surface area contributed by atoms with Gasteiger partial charge in [-0.05, 0) is 18.2 Å². The summed E-state index contributed by atoms with van der Waals surface area (Å²) in [6.07, 6.45) is 3.49. The Morgan fingerprint density at radius 1 is 1.35 bits per heavy atom. The first-order valence-electron chi connectivity index (χ1n) is 5.92. The quantitative estimate of drug-likeness (QED) is 0.494. The first-order chi connectivity index (χ1) is 9.53. The summed E-state index contributed by atoms with van der Waals surface area (Å²) in [5.74, 6) is 5.57. The highest BCUT2D eigenvalue weighted by Crippen LogP contribution is 2.09. The van der Waals surface area contributed by atoms with E-state index in [4.69, 9.17) is 5.84 Å². The molecule has 0 spiro atoms. The molecule has 9 heteroatoms. The van der Waals surface area contributed by atoms with E-state index in [1.54, 1.807) is 10.9 Å². The van der Waals surface area contributed by atoms with Crippen LogP contribution in [0.2, 0.25) is 0 Å². The molecule has 2 rings (SSSR count). The van der Waals surface area contributed by atoms with Crippen LogP contribution in [0.15, 0.2) is 35.5 Å². The number of nitrogens with two attached hydrogens (primary N) is 1. The van der Waals surface area contributed by atoms with Gasteiger partial charge in [0.25, 0.3) is 0 Å². The minimum absolute atomic E-state index is 0.0986. The lowest BCUT2D eigenvalue weighted by atomic mass is 10.3. The summed E-state index contributed by atoms with van der Waals surface area (Å²) in [4.78, 5) is 3.96. The molecule has 0 saturated carbocycles. The molecule has 20 heavy (non-hydrogen) atoms. The monoisotopic (exact) mass is 296 g/mol. The van der Waals surface area contributed by atoms with Crippen LogP contribution in [0.1, 0.15) is 5.69 Å². The molecule has 2 heterocycles. The van der Waals surface area contributed by atoms with Crippen molar-refractivity contribution >= 4 is 15.8 Å². The maximum absolute atomic E-state index is 12.0. The second-order valence-corrected chi connectivity index (χ2v) is 5.88. The lowest BCUT2D eigenvalue weighted by Gasteiger charge is -2.07. The average molecular weight is 296 g/mol. The zero-order valence-corrected chi connectivity index (χ0v) is 11.8. The summed E-state index contributed by atoms with van der Waals surface area (Å²) < 4.78 is 28.3. The largest absolute Gasteiger partial charge is 0.308 e. The van der Waals surface area contributed by atoms with Crippen molar-refractivity contribution in [2.75, 3.05) is 12.0 Å². The molecule has 4 N–H and O–H groups in total. The van der Waals surface area contributed by atoms with E-state index in [2.05, 4.69) is 20.2 Å². The van der Waals surface area contributed by atoms with Crippen LogP contribution in [-0.2, 0) is 23.5 Å². The third-order valence-electron chi connectivity index (χ3n) is 2.79. The Hall–Kier alpha value is -1.97. The molecule has 0 fully saturated rings. The predicted octanol–water partition coefficient (Wildman–Crippen LogP) is -0.378. The number of rotatable bonds is 6. The molecule has 108 valence electrons. The van der Waals surface area contributed by atoms with E-state index in [1.165, 1.54) is 18.3 Å². The summed E-state index contributed by atoms with van der Waals surface area (Å²) in [6.45, 7) is 0.290. The highest BCUT2D eigenvalue weighted by Gasteiger charge is 2.14. The van der Waals surface area contributed by atoms with Gasteiger partial charge in [-0.3, -0.25) is 4.68 Å². The number of aromatic nitrogens is 3. The third kappa shape index (κ3) is 3.32. The summed E-state index contributed by atoms with van der Waals surface area (Å²) in [5, 5.41) is 4.02. The van der Waals surface area contributed by atoms with Gasteiger partial charge in [0.1, 0.15) is 10.7 Å². The van der Waals surface area contributed by atoms with Crippen molar-refractivity contribution in [1.82, 2.24) is 19.5 Å². The molecule has 0 unspecified atom stereocenters. The fourth-order valence-electron chi connectivity index (χ4n) is 1.67. The van der Waals surface area contributed by atoms with Gasteiger partial charge in [0, 0.05) is 38.1 Å². The number of hydrazine groups is 1. The Bertz CT molecular complexity index is 664. The van der Waals surface area contributed by atoms with E-state index in [9.17, 15) is 8.42 Å². The Morgan fingerprint density at radius 2 is 2.15 bits per heavy atom. The lowest BCUT2D eigenvalue weighted by molar-refractivity contribution is 0.579. The number of sulfonamides is 1. The topological polar surface area (TPSA) is 115 Å². The number of nitrogens with one attached hydrogen (secondary N) is 2. The molecule has 0 aromatic carbocycles. The van der Waals surface area contributed by atoms with Crippen LogP contribution in [0.25, 0.3) is 0 Å². The van der Waals surface area contributed by atoms with Crippen molar-refractivity contribution < 1.29 is 8.42 Å². The van der Waals surface area contributed by atoms with Crippen LogP contribution in [0.3, 0.4) is 0 Å². The second-order valence-electron chi connectivity index (χ2n) is 4.12. The van der Waals surface area contributed by atoms with Crippen molar-refractivity contribution in [2.24, 2.45) is 12.9 Å². The van der Waals surface area contributed by atoms with Gasteiger partial charge >= 0.3 is 0 Å². The van der Waals surface area contributed by atoms with Crippen molar-refractivity contribution in [2.45, 2.75) is 11.3 Å². The molecule has 2 aromatic rings. The van der Waals surface area contributed by atoms with Gasteiger partial charge in [-0.15, -0.1) is 0 Å². The van der Waals surface area contributed by atoms with E-state index in [-0.39, 0.29) is 4.90 Å². The maximum atomic E-state index is 12.0. The maximum Gasteiger partial charge on any atom is 0.242 e. The third-order valence-corrected chi connectivity index (χ3v) is 4.24. The summed E-state index contributed by atoms with van der Waals surface area (Å²) in [6, 6.07) is 4.78. The normalized spacial score (nSPS) is 11.5. The van der Waals surface area contributed by atoms with Crippen molar-refractivity contribution in [3.63, 3.8) is 0 Å². The fraction of sp³-hybridized carbons (Fsp3) is 0.273. The van der Waals surface area contributed by atoms with Crippen LogP contribution in [0.5, 0.6) is 0 Å². The van der Waals surface area contributed by atoms with Gasteiger partial charge in [-0.25, -0.2) is 24.0 Å². The minimum atomic E-state index is -3.56. The van der Waals surface area contributed by atoms with Gasteiger partial charge in [-0.2, -0.15) is 5.10 Å². The van der Waals surface area contributed by atoms with Crippen LogP contribution < -0.4 is 16.0 Å². The fourth-order valence-corrected chi connectivity index (χ4v) is 2.64. The first-order valence-corrected chi connectivity index (χ1v) is 7.40. The van der Waals surface area contributed by atoms with Crippen LogP contribution in [0, 0.1) is 0 Å². The summed E-state index contributed by atoms with van der Waals surface area (Å²) in [5.41, 5.74) is 3.29. The number of nitrogens with zero attached hydrogens (tertiary/aromatic N) is 3. The van der Waals surface area contributed by atoms with Crippen LogP contribution in [-0.4, -0.2) is 29.7 Å². The molecule has 8 nitrogen and oxygen atoms in total. The Balaban J connectivity index is 1.98. The van der Waals surface area contributed by atoms with E-state index >= 15 is 0 Å². The number of pyridine rings is 1. The zero-order valence-electron chi connectivity index (χ0n) is 10.9. The number of nitrogen functional groups attached to an aromatic ring is 1. The van der Waals surface area contributed by atoms with Crippen LogP contribution in [0.4, 0.5) is 5.82 Å². The van der Waals surface area contributed by atoms with Crippen molar-refractivity contribution in [3.05, 3.63) is 36.3 Å². The van der Waals surface area contributed by atoms with E-state index < -0.39 is 10.0 Å². The van der Waals surface area contributed by atoms with Crippen molar-refractivity contribution in [3.8, 4) is 0 Å². The number of hydrogen-bond acceptors (Lipinski definition) is 6. The number of anilines is 1. The number of hydrogen-bond donors (Lipinski definition) is 3. The molecule has 2 aromatic heterocycles. The molecule has 0 aliphatic carbocycles. The molecule has 0 radical (unpaired) electrons. The van der Waals surface area contributed by atoms with E-state index in [1.807, 2.05) is 13.1 Å². The van der Waals surface area contributed by atoms with Gasteiger partial charge in [0.05, 0.1) is 0 Å². The Morgan fingerprint density at radius 3 is 2.70 bits per heavy atom.